The molecule has 1 saturated heterocycles. The summed E-state index contributed by atoms with van der Waals surface area (Å²) < 4.78 is 0. The summed E-state index contributed by atoms with van der Waals surface area (Å²) in [5.74, 6) is 0.0832. The van der Waals surface area contributed by atoms with Gasteiger partial charge in [0, 0.05) is 31.9 Å². The highest BCUT2D eigenvalue weighted by molar-refractivity contribution is 5.98. The lowest BCUT2D eigenvalue weighted by Crippen LogP contribution is -2.56. The number of fused-ring (bicyclic) bond motifs is 1. The molecule has 0 aromatic heterocycles. The van der Waals surface area contributed by atoms with E-state index < -0.39 is 6.04 Å². The number of para-hydroxylation sites is 1. The van der Waals surface area contributed by atoms with Gasteiger partial charge >= 0.3 is 0 Å². The number of hydrogen-bond acceptors (Lipinski definition) is 3. The Morgan fingerprint density at radius 3 is 3.00 bits per heavy atom. The number of carbonyl (C=O) groups excluding carboxylic acids is 2. The first-order valence-corrected chi connectivity index (χ1v) is 9.22. The van der Waals surface area contributed by atoms with Crippen molar-refractivity contribution in [3.05, 3.63) is 42.5 Å². The monoisotopic (exact) mass is 341 g/mol. The third-order valence-electron chi connectivity index (χ3n) is 5.01. The highest BCUT2D eigenvalue weighted by Crippen LogP contribution is 2.27. The average molecular weight is 341 g/mol. The molecule has 2 aliphatic rings. The normalized spacial score (nSPS) is 20.3. The lowest BCUT2D eigenvalue weighted by molar-refractivity contribution is -0.137. The fourth-order valence-corrected chi connectivity index (χ4v) is 3.68. The van der Waals surface area contributed by atoms with Crippen molar-refractivity contribution in [3.8, 4) is 0 Å². The summed E-state index contributed by atoms with van der Waals surface area (Å²) in [4.78, 5) is 29.2. The minimum absolute atomic E-state index is 0.0333. The second-order valence-corrected chi connectivity index (χ2v) is 6.74. The SMILES string of the molecule is C=CCCCN1CCNC(CC(=O)N2CCCc3ccccc32)C1=O. The largest absolute Gasteiger partial charge is 0.340 e. The molecule has 1 atom stereocenters. The molecule has 2 aliphatic heterocycles. The molecule has 5 nitrogen and oxygen atoms in total. The molecule has 1 aromatic carbocycles. The number of piperazine rings is 1. The van der Waals surface area contributed by atoms with Gasteiger partial charge in [0.05, 0.1) is 12.5 Å². The molecule has 1 fully saturated rings. The summed E-state index contributed by atoms with van der Waals surface area (Å²) in [5.41, 5.74) is 2.22. The van der Waals surface area contributed by atoms with Gasteiger partial charge in [-0.05, 0) is 37.3 Å². The van der Waals surface area contributed by atoms with Gasteiger partial charge in [-0.15, -0.1) is 6.58 Å². The molecule has 0 spiro atoms. The number of rotatable bonds is 6. The number of anilines is 1. The van der Waals surface area contributed by atoms with Crippen molar-refractivity contribution in [3.63, 3.8) is 0 Å². The lowest BCUT2D eigenvalue weighted by atomic mass is 10.0. The van der Waals surface area contributed by atoms with E-state index in [-0.39, 0.29) is 18.2 Å². The Morgan fingerprint density at radius 1 is 1.32 bits per heavy atom. The molecule has 2 heterocycles. The molecular weight excluding hydrogens is 314 g/mol. The van der Waals surface area contributed by atoms with Crippen LogP contribution in [0.2, 0.25) is 0 Å². The minimum Gasteiger partial charge on any atom is -0.340 e. The first-order valence-electron chi connectivity index (χ1n) is 9.22. The van der Waals surface area contributed by atoms with E-state index in [0.717, 1.165) is 51.0 Å². The maximum absolute atomic E-state index is 12.8. The number of unbranched alkanes of at least 4 members (excludes halogenated alkanes) is 1. The van der Waals surface area contributed by atoms with Crippen LogP contribution in [0.3, 0.4) is 0 Å². The summed E-state index contributed by atoms with van der Waals surface area (Å²) >= 11 is 0. The van der Waals surface area contributed by atoms with Crippen LogP contribution in [-0.4, -0.2) is 48.9 Å². The summed E-state index contributed by atoms with van der Waals surface area (Å²) in [6.45, 7) is 6.66. The fraction of sp³-hybridized carbons (Fsp3) is 0.500. The van der Waals surface area contributed by atoms with Crippen LogP contribution in [0.15, 0.2) is 36.9 Å². The van der Waals surface area contributed by atoms with Gasteiger partial charge in [-0.25, -0.2) is 0 Å². The van der Waals surface area contributed by atoms with E-state index in [4.69, 9.17) is 0 Å². The number of hydrogen-bond donors (Lipinski definition) is 1. The van der Waals surface area contributed by atoms with Gasteiger partial charge in [-0.3, -0.25) is 9.59 Å². The standard InChI is InChI=1S/C20H27N3O2/c1-2-3-6-12-22-14-11-21-17(20(22)25)15-19(24)23-13-7-9-16-8-4-5-10-18(16)23/h2,4-5,8,10,17,21H,1,3,6-7,9,11-15H2. The van der Waals surface area contributed by atoms with E-state index in [2.05, 4.69) is 18.0 Å². The summed E-state index contributed by atoms with van der Waals surface area (Å²) in [5, 5.41) is 3.22. The van der Waals surface area contributed by atoms with E-state index >= 15 is 0 Å². The zero-order valence-corrected chi connectivity index (χ0v) is 14.7. The number of carbonyl (C=O) groups is 2. The summed E-state index contributed by atoms with van der Waals surface area (Å²) in [7, 11) is 0. The zero-order valence-electron chi connectivity index (χ0n) is 14.7. The predicted octanol–water partition coefficient (Wildman–Crippen LogP) is 2.12. The lowest BCUT2D eigenvalue weighted by Gasteiger charge is -2.35. The predicted molar refractivity (Wildman–Crippen MR) is 99.5 cm³/mol. The number of allylic oxidation sites excluding steroid dienone is 1. The van der Waals surface area contributed by atoms with Crippen LogP contribution in [0, 0.1) is 0 Å². The Kier molecular flexibility index (Phi) is 5.87. The summed E-state index contributed by atoms with van der Waals surface area (Å²) in [6.07, 6.45) is 5.92. The quantitative estimate of drug-likeness (QED) is 0.637. The number of benzene rings is 1. The molecule has 1 aromatic rings. The molecule has 25 heavy (non-hydrogen) atoms. The van der Waals surface area contributed by atoms with Crippen LogP contribution in [0.25, 0.3) is 0 Å². The van der Waals surface area contributed by atoms with Crippen LogP contribution in [0.1, 0.15) is 31.2 Å². The fourth-order valence-electron chi connectivity index (χ4n) is 3.68. The van der Waals surface area contributed by atoms with E-state index in [0.29, 0.717) is 6.54 Å². The van der Waals surface area contributed by atoms with E-state index in [1.165, 1.54) is 5.56 Å². The first-order chi connectivity index (χ1) is 12.2. The highest BCUT2D eigenvalue weighted by Gasteiger charge is 2.32. The van der Waals surface area contributed by atoms with Gasteiger partial charge in [0.1, 0.15) is 0 Å². The Morgan fingerprint density at radius 2 is 2.16 bits per heavy atom. The Labute approximate surface area is 149 Å². The molecule has 2 amide bonds. The van der Waals surface area contributed by atoms with Crippen molar-refractivity contribution < 1.29 is 9.59 Å². The van der Waals surface area contributed by atoms with E-state index in [9.17, 15) is 9.59 Å². The molecule has 0 aliphatic carbocycles. The molecule has 0 bridgehead atoms. The van der Waals surface area contributed by atoms with Gasteiger partial charge in [-0.1, -0.05) is 24.3 Å². The van der Waals surface area contributed by atoms with Crippen LogP contribution < -0.4 is 10.2 Å². The maximum atomic E-state index is 12.8. The zero-order chi connectivity index (χ0) is 17.6. The third kappa shape index (κ3) is 4.10. The second kappa shape index (κ2) is 8.30. The van der Waals surface area contributed by atoms with Crippen molar-refractivity contribution >= 4 is 17.5 Å². The van der Waals surface area contributed by atoms with Gasteiger partial charge in [0.2, 0.25) is 11.8 Å². The Hall–Kier alpha value is -2.14. The number of aryl methyl sites for hydroxylation is 1. The van der Waals surface area contributed by atoms with Crippen molar-refractivity contribution in [2.45, 2.75) is 38.1 Å². The smallest absolute Gasteiger partial charge is 0.240 e. The topological polar surface area (TPSA) is 52.7 Å². The van der Waals surface area contributed by atoms with Gasteiger partial charge in [0.15, 0.2) is 0 Å². The molecular formula is C20H27N3O2. The van der Waals surface area contributed by atoms with Crippen LogP contribution in [-0.2, 0) is 16.0 Å². The number of amides is 2. The Balaban J connectivity index is 1.63. The molecule has 134 valence electrons. The van der Waals surface area contributed by atoms with Gasteiger partial charge in [0.25, 0.3) is 0 Å². The molecule has 1 N–H and O–H groups in total. The molecule has 0 radical (unpaired) electrons. The number of nitrogens with one attached hydrogen (secondary N) is 1. The average Bonchev–Trinajstić information content (AvgIpc) is 2.64. The highest BCUT2D eigenvalue weighted by atomic mass is 16.2. The Bertz CT molecular complexity index is 644. The van der Waals surface area contributed by atoms with Crippen molar-refractivity contribution in [1.82, 2.24) is 10.2 Å². The van der Waals surface area contributed by atoms with Gasteiger partial charge in [-0.2, -0.15) is 0 Å². The van der Waals surface area contributed by atoms with E-state index in [1.807, 2.05) is 34.1 Å². The molecule has 3 rings (SSSR count). The summed E-state index contributed by atoms with van der Waals surface area (Å²) in [6, 6.07) is 7.67. The molecule has 1 unspecified atom stereocenters. The first kappa shape index (κ1) is 17.7. The third-order valence-corrected chi connectivity index (χ3v) is 5.01. The van der Waals surface area contributed by atoms with Crippen LogP contribution in [0.4, 0.5) is 5.69 Å². The van der Waals surface area contributed by atoms with Gasteiger partial charge < -0.3 is 15.1 Å². The number of nitrogens with zero attached hydrogens (tertiary/aromatic N) is 2. The molecule has 0 saturated carbocycles. The second-order valence-electron chi connectivity index (χ2n) is 6.74. The molecule has 5 heteroatoms. The van der Waals surface area contributed by atoms with Crippen molar-refractivity contribution in [2.24, 2.45) is 0 Å². The van der Waals surface area contributed by atoms with Crippen molar-refractivity contribution in [1.29, 1.82) is 0 Å². The van der Waals surface area contributed by atoms with Crippen LogP contribution >= 0.6 is 0 Å². The van der Waals surface area contributed by atoms with E-state index in [1.54, 1.807) is 0 Å². The maximum Gasteiger partial charge on any atom is 0.240 e. The van der Waals surface area contributed by atoms with Crippen molar-refractivity contribution in [2.75, 3.05) is 31.1 Å². The minimum atomic E-state index is -0.404. The van der Waals surface area contributed by atoms with Crippen LogP contribution in [0.5, 0.6) is 0 Å².